The molecule has 0 aliphatic heterocycles. The molecule has 0 fully saturated rings. The van der Waals surface area contributed by atoms with Crippen molar-refractivity contribution >= 4 is 28.9 Å². The van der Waals surface area contributed by atoms with Crippen molar-refractivity contribution < 1.29 is 14.5 Å². The molecule has 2 aromatic rings. The number of nitro groups is 1. The normalized spacial score (nSPS) is 10.1. The summed E-state index contributed by atoms with van der Waals surface area (Å²) in [4.78, 5) is 34.3. The van der Waals surface area contributed by atoms with E-state index >= 15 is 0 Å². The van der Waals surface area contributed by atoms with Gasteiger partial charge in [0.2, 0.25) is 5.91 Å². The van der Waals surface area contributed by atoms with Gasteiger partial charge in [-0.25, -0.2) is 0 Å². The van der Waals surface area contributed by atoms with E-state index in [0.29, 0.717) is 28.9 Å². The Morgan fingerprint density at radius 1 is 0.966 bits per heavy atom. The van der Waals surface area contributed by atoms with E-state index in [1.54, 1.807) is 24.3 Å². The average Bonchev–Trinajstić information content (AvgIpc) is 2.72. The molecule has 8 heteroatoms. The van der Waals surface area contributed by atoms with Crippen LogP contribution in [0.2, 0.25) is 0 Å². The number of hydrogen-bond acceptors (Lipinski definition) is 5. The SMILES string of the molecule is C=C(NNC(=O)c1ccc(NC(=O)CCCCC)cc1)c1ccc([N+](=O)[O-])cc1. The fraction of sp³-hybridized carbons (Fsp3) is 0.238. The minimum absolute atomic E-state index is 0.0249. The Morgan fingerprint density at radius 3 is 2.17 bits per heavy atom. The molecule has 0 heterocycles. The number of nitrogens with zero attached hydrogens (tertiary/aromatic N) is 1. The molecule has 0 aliphatic carbocycles. The molecular weight excluding hydrogens is 372 g/mol. The smallest absolute Gasteiger partial charge is 0.269 e. The molecule has 0 bridgehead atoms. The quantitative estimate of drug-likeness (QED) is 0.319. The topological polar surface area (TPSA) is 113 Å². The highest BCUT2D eigenvalue weighted by molar-refractivity contribution is 5.96. The van der Waals surface area contributed by atoms with Crippen molar-refractivity contribution in [3.8, 4) is 0 Å². The van der Waals surface area contributed by atoms with E-state index in [-0.39, 0.29) is 17.5 Å². The van der Waals surface area contributed by atoms with Crippen LogP contribution in [0.4, 0.5) is 11.4 Å². The largest absolute Gasteiger partial charge is 0.326 e. The van der Waals surface area contributed by atoms with Gasteiger partial charge >= 0.3 is 0 Å². The maximum atomic E-state index is 12.2. The molecular formula is C21H24N4O4. The molecule has 0 saturated carbocycles. The third-order valence-corrected chi connectivity index (χ3v) is 4.19. The Labute approximate surface area is 169 Å². The minimum Gasteiger partial charge on any atom is -0.326 e. The number of carbonyl (C=O) groups is 2. The lowest BCUT2D eigenvalue weighted by atomic mass is 10.1. The van der Waals surface area contributed by atoms with Gasteiger partial charge in [-0.2, -0.15) is 0 Å². The summed E-state index contributed by atoms with van der Waals surface area (Å²) in [5, 5.41) is 13.5. The maximum absolute atomic E-state index is 12.2. The van der Waals surface area contributed by atoms with Crippen LogP contribution >= 0.6 is 0 Å². The number of nitrogens with one attached hydrogen (secondary N) is 3. The summed E-state index contributed by atoms with van der Waals surface area (Å²) in [6.45, 7) is 5.88. The van der Waals surface area contributed by atoms with Gasteiger partial charge in [0.05, 0.1) is 10.6 Å². The first-order valence-corrected chi connectivity index (χ1v) is 9.30. The van der Waals surface area contributed by atoms with Crippen LogP contribution in [-0.2, 0) is 4.79 Å². The molecule has 2 amide bonds. The van der Waals surface area contributed by atoms with Crippen LogP contribution in [0.1, 0.15) is 48.5 Å². The number of hydrazine groups is 1. The first kappa shape index (κ1) is 21.6. The van der Waals surface area contributed by atoms with Gasteiger partial charge in [-0.15, -0.1) is 0 Å². The van der Waals surface area contributed by atoms with Gasteiger partial charge in [0.25, 0.3) is 11.6 Å². The third-order valence-electron chi connectivity index (χ3n) is 4.19. The van der Waals surface area contributed by atoms with E-state index in [2.05, 4.69) is 29.7 Å². The summed E-state index contributed by atoms with van der Waals surface area (Å²) < 4.78 is 0. The van der Waals surface area contributed by atoms with Crippen LogP contribution in [0.5, 0.6) is 0 Å². The van der Waals surface area contributed by atoms with Gasteiger partial charge in [-0.3, -0.25) is 30.6 Å². The summed E-state index contributed by atoms with van der Waals surface area (Å²) >= 11 is 0. The van der Waals surface area contributed by atoms with Gasteiger partial charge in [-0.05, 0) is 48.4 Å². The second-order valence-corrected chi connectivity index (χ2v) is 6.44. The summed E-state index contributed by atoms with van der Waals surface area (Å²) in [6, 6.07) is 12.3. The molecule has 3 N–H and O–H groups in total. The van der Waals surface area contributed by atoms with E-state index < -0.39 is 4.92 Å². The zero-order valence-electron chi connectivity index (χ0n) is 16.2. The number of amides is 2. The molecule has 0 aromatic heterocycles. The Bertz CT molecular complexity index is 877. The second-order valence-electron chi connectivity index (χ2n) is 6.44. The van der Waals surface area contributed by atoms with Gasteiger partial charge in [0.15, 0.2) is 0 Å². The lowest BCUT2D eigenvalue weighted by molar-refractivity contribution is -0.384. The van der Waals surface area contributed by atoms with Crippen molar-refractivity contribution in [1.29, 1.82) is 0 Å². The number of hydrogen-bond donors (Lipinski definition) is 3. The fourth-order valence-corrected chi connectivity index (χ4v) is 2.52. The van der Waals surface area contributed by atoms with Crippen LogP contribution in [0, 0.1) is 10.1 Å². The fourth-order valence-electron chi connectivity index (χ4n) is 2.52. The average molecular weight is 396 g/mol. The van der Waals surface area contributed by atoms with Crippen LogP contribution < -0.4 is 16.2 Å². The van der Waals surface area contributed by atoms with Gasteiger partial charge in [-0.1, -0.05) is 26.3 Å². The predicted molar refractivity (Wildman–Crippen MR) is 112 cm³/mol. The molecule has 2 aromatic carbocycles. The Kier molecular flexibility index (Phi) is 7.90. The van der Waals surface area contributed by atoms with Crippen molar-refractivity contribution in [1.82, 2.24) is 10.9 Å². The molecule has 0 saturated heterocycles. The lowest BCUT2D eigenvalue weighted by Crippen LogP contribution is -2.35. The molecule has 0 aliphatic rings. The first-order valence-electron chi connectivity index (χ1n) is 9.30. The highest BCUT2D eigenvalue weighted by Crippen LogP contribution is 2.16. The highest BCUT2D eigenvalue weighted by Gasteiger charge is 2.09. The Morgan fingerprint density at radius 2 is 1.59 bits per heavy atom. The molecule has 0 unspecified atom stereocenters. The van der Waals surface area contributed by atoms with Crippen LogP contribution in [-0.4, -0.2) is 16.7 Å². The standard InChI is InChI=1S/C21H24N4O4/c1-3-4-5-6-20(26)22-18-11-7-17(8-12-18)21(27)24-23-15(2)16-9-13-19(14-10-16)25(28)29/h7-14,23H,2-6H2,1H3,(H,22,26)(H,24,27). The van der Waals surface area contributed by atoms with Crippen LogP contribution in [0.25, 0.3) is 5.70 Å². The zero-order chi connectivity index (χ0) is 21.2. The van der Waals surface area contributed by atoms with E-state index in [1.165, 1.54) is 24.3 Å². The molecule has 2 rings (SSSR count). The van der Waals surface area contributed by atoms with Gasteiger partial charge in [0, 0.05) is 29.8 Å². The number of carbonyl (C=O) groups excluding carboxylic acids is 2. The number of benzene rings is 2. The highest BCUT2D eigenvalue weighted by atomic mass is 16.6. The number of nitro benzene ring substituents is 1. The van der Waals surface area contributed by atoms with E-state index in [4.69, 9.17) is 0 Å². The van der Waals surface area contributed by atoms with Crippen molar-refractivity contribution in [2.75, 3.05) is 5.32 Å². The molecule has 8 nitrogen and oxygen atoms in total. The molecule has 0 atom stereocenters. The minimum atomic E-state index is -0.487. The lowest BCUT2D eigenvalue weighted by Gasteiger charge is -2.11. The van der Waals surface area contributed by atoms with Crippen LogP contribution in [0.3, 0.4) is 0 Å². The van der Waals surface area contributed by atoms with Crippen molar-refractivity contribution in [3.63, 3.8) is 0 Å². The zero-order valence-corrected chi connectivity index (χ0v) is 16.2. The number of rotatable bonds is 10. The van der Waals surface area contributed by atoms with Crippen molar-refractivity contribution in [3.05, 3.63) is 76.4 Å². The van der Waals surface area contributed by atoms with E-state index in [0.717, 1.165) is 19.3 Å². The van der Waals surface area contributed by atoms with Gasteiger partial charge < -0.3 is 5.32 Å². The van der Waals surface area contributed by atoms with Crippen molar-refractivity contribution in [2.24, 2.45) is 0 Å². The molecule has 152 valence electrons. The Hall–Kier alpha value is -3.68. The summed E-state index contributed by atoms with van der Waals surface area (Å²) in [7, 11) is 0. The maximum Gasteiger partial charge on any atom is 0.269 e. The van der Waals surface area contributed by atoms with Gasteiger partial charge in [0.1, 0.15) is 0 Å². The summed E-state index contributed by atoms with van der Waals surface area (Å²) in [6.07, 6.45) is 3.41. The van der Waals surface area contributed by atoms with Crippen molar-refractivity contribution in [2.45, 2.75) is 32.6 Å². The number of unbranched alkanes of at least 4 members (excludes halogenated alkanes) is 2. The van der Waals surface area contributed by atoms with Crippen LogP contribution in [0.15, 0.2) is 55.1 Å². The monoisotopic (exact) mass is 396 g/mol. The summed E-state index contributed by atoms with van der Waals surface area (Å²) in [5.41, 5.74) is 7.22. The number of non-ortho nitro benzene ring substituents is 1. The van der Waals surface area contributed by atoms with E-state index in [9.17, 15) is 19.7 Å². The predicted octanol–water partition coefficient (Wildman–Crippen LogP) is 4.02. The third kappa shape index (κ3) is 6.76. The second kappa shape index (κ2) is 10.6. The Balaban J connectivity index is 1.85. The molecule has 29 heavy (non-hydrogen) atoms. The molecule has 0 radical (unpaired) electrons. The number of anilines is 1. The molecule has 0 spiro atoms. The van der Waals surface area contributed by atoms with E-state index in [1.807, 2.05) is 0 Å². The first-order chi connectivity index (χ1) is 13.9. The summed E-state index contributed by atoms with van der Waals surface area (Å²) in [5.74, 6) is -0.425.